The fourth-order valence-electron chi connectivity index (χ4n) is 2.84. The number of anilines is 1. The summed E-state index contributed by atoms with van der Waals surface area (Å²) >= 11 is -0.138. The van der Waals surface area contributed by atoms with Crippen molar-refractivity contribution in [2.24, 2.45) is 0 Å². The van der Waals surface area contributed by atoms with Crippen molar-refractivity contribution in [2.45, 2.75) is 23.5 Å². The van der Waals surface area contributed by atoms with E-state index in [1.807, 2.05) is 30.3 Å². The zero-order chi connectivity index (χ0) is 17.4. The van der Waals surface area contributed by atoms with Crippen molar-refractivity contribution in [3.8, 4) is 0 Å². The Balaban J connectivity index is 1.66. The van der Waals surface area contributed by atoms with E-state index in [0.29, 0.717) is 11.2 Å². The van der Waals surface area contributed by atoms with Gasteiger partial charge in [-0.3, -0.25) is 0 Å². The number of hydrogen-bond acceptors (Lipinski definition) is 6. The second kappa shape index (κ2) is 6.68. The van der Waals surface area contributed by atoms with Crippen molar-refractivity contribution in [3.05, 3.63) is 43.0 Å². The predicted molar refractivity (Wildman–Crippen MR) is 91.1 cm³/mol. The summed E-state index contributed by atoms with van der Waals surface area (Å²) in [6.07, 6.45) is 0.0739. The van der Waals surface area contributed by atoms with E-state index in [-0.39, 0.29) is 25.6 Å². The van der Waals surface area contributed by atoms with E-state index >= 15 is 4.39 Å². The molecule has 2 aromatic heterocycles. The molecule has 3 aromatic rings. The predicted octanol–water partition coefficient (Wildman–Crippen LogP) is 1.07. The number of imidazole rings is 1. The van der Waals surface area contributed by atoms with Gasteiger partial charge < -0.3 is 0 Å². The second-order valence-corrected chi connectivity index (χ2v) is 8.18. The maximum absolute atomic E-state index is 15.3. The van der Waals surface area contributed by atoms with Gasteiger partial charge in [-0.1, -0.05) is 0 Å². The number of ether oxygens (including phenoxy) is 2. The van der Waals surface area contributed by atoms with Gasteiger partial charge in [-0.25, -0.2) is 0 Å². The molecule has 1 fully saturated rings. The van der Waals surface area contributed by atoms with Gasteiger partial charge in [-0.2, -0.15) is 0 Å². The van der Waals surface area contributed by atoms with Crippen LogP contribution in [0.15, 0.2) is 43.0 Å². The first-order valence-corrected chi connectivity index (χ1v) is 9.50. The number of benzene rings is 1. The summed E-state index contributed by atoms with van der Waals surface area (Å²) < 4.78 is 29.1. The molecule has 25 heavy (non-hydrogen) atoms. The molecule has 0 saturated carbocycles. The standard InChI is InChI=1S/C16H16FN5O2Se/c1-23-16-12(25-9-5-3-2-4-6-9)10(17)15(24-16)22-8-21-11-13(18)19-7-20-14(11)22/h2-8,10,12,15-16H,1H3,(H2,18,19,20)/t10-,12-,15+,16-/m0/s1. The maximum atomic E-state index is 15.3. The molecule has 9 heteroatoms. The normalized spacial score (nSPS) is 26.3. The van der Waals surface area contributed by atoms with E-state index in [1.54, 1.807) is 4.57 Å². The molecule has 0 radical (unpaired) electrons. The van der Waals surface area contributed by atoms with Crippen LogP contribution in [0.5, 0.6) is 0 Å². The Kier molecular flexibility index (Phi) is 4.39. The van der Waals surface area contributed by atoms with Crippen LogP contribution in [0.3, 0.4) is 0 Å². The van der Waals surface area contributed by atoms with E-state index in [9.17, 15) is 0 Å². The number of nitrogens with zero attached hydrogens (tertiary/aromatic N) is 4. The Hall–Kier alpha value is -2.06. The van der Waals surface area contributed by atoms with E-state index in [0.717, 1.165) is 4.46 Å². The minimum atomic E-state index is -1.25. The van der Waals surface area contributed by atoms with Crippen molar-refractivity contribution >= 4 is 36.4 Å². The number of methoxy groups -OCH3 is 1. The van der Waals surface area contributed by atoms with Gasteiger partial charge >= 0.3 is 149 Å². The zero-order valence-electron chi connectivity index (χ0n) is 13.3. The van der Waals surface area contributed by atoms with E-state index in [4.69, 9.17) is 15.2 Å². The SMILES string of the molecule is CO[C@H]1O[C@@H](n2cnc3c(N)ncnc32)[C@@H](F)[C@@H]1[Se]c1ccccc1. The molecule has 1 saturated heterocycles. The fraction of sp³-hybridized carbons (Fsp3) is 0.312. The van der Waals surface area contributed by atoms with Gasteiger partial charge in [0.15, 0.2) is 0 Å². The summed E-state index contributed by atoms with van der Waals surface area (Å²) in [5.74, 6) is 0.255. The topological polar surface area (TPSA) is 88.1 Å². The third-order valence-electron chi connectivity index (χ3n) is 4.04. The van der Waals surface area contributed by atoms with Crippen molar-refractivity contribution < 1.29 is 13.9 Å². The van der Waals surface area contributed by atoms with Crippen molar-refractivity contribution in [1.82, 2.24) is 19.5 Å². The Morgan fingerprint density at radius 2 is 2.04 bits per heavy atom. The summed E-state index contributed by atoms with van der Waals surface area (Å²) in [4.78, 5) is 11.9. The molecule has 7 nitrogen and oxygen atoms in total. The molecule has 4 atom stereocenters. The number of rotatable bonds is 4. The van der Waals surface area contributed by atoms with Gasteiger partial charge in [0, 0.05) is 0 Å². The summed E-state index contributed by atoms with van der Waals surface area (Å²) in [6.45, 7) is 0. The Labute approximate surface area is 149 Å². The van der Waals surface area contributed by atoms with Gasteiger partial charge in [0.25, 0.3) is 0 Å². The molecule has 1 aliphatic heterocycles. The number of aromatic nitrogens is 4. The molecule has 0 spiro atoms. The van der Waals surface area contributed by atoms with Crippen LogP contribution in [0.1, 0.15) is 6.23 Å². The summed E-state index contributed by atoms with van der Waals surface area (Å²) in [5.41, 5.74) is 6.68. The van der Waals surface area contributed by atoms with Crippen LogP contribution in [0, 0.1) is 0 Å². The first kappa shape index (κ1) is 16.4. The van der Waals surface area contributed by atoms with Crippen LogP contribution in [0.25, 0.3) is 11.2 Å². The average Bonchev–Trinajstić information content (AvgIpc) is 3.19. The van der Waals surface area contributed by atoms with Gasteiger partial charge in [0.1, 0.15) is 0 Å². The number of nitrogens with two attached hydrogens (primary N) is 1. The van der Waals surface area contributed by atoms with E-state index < -0.39 is 18.7 Å². The van der Waals surface area contributed by atoms with Crippen molar-refractivity contribution in [1.29, 1.82) is 0 Å². The first-order chi connectivity index (χ1) is 12.2. The molecule has 2 N–H and O–H groups in total. The van der Waals surface area contributed by atoms with Crippen LogP contribution in [-0.2, 0) is 9.47 Å². The number of nitrogen functional groups attached to an aromatic ring is 1. The minimum absolute atomic E-state index is 0.138. The van der Waals surface area contributed by atoms with Gasteiger partial charge in [-0.15, -0.1) is 0 Å². The average molecular weight is 408 g/mol. The van der Waals surface area contributed by atoms with Crippen LogP contribution in [0.4, 0.5) is 10.2 Å². The third kappa shape index (κ3) is 2.89. The quantitative estimate of drug-likeness (QED) is 0.650. The Morgan fingerprint density at radius 3 is 2.80 bits per heavy atom. The molecule has 1 aliphatic rings. The van der Waals surface area contributed by atoms with E-state index in [2.05, 4.69) is 15.0 Å². The molecule has 3 heterocycles. The number of halogens is 1. The molecule has 0 aliphatic carbocycles. The van der Waals surface area contributed by atoms with Crippen molar-refractivity contribution in [2.75, 3.05) is 12.8 Å². The molecular weight excluding hydrogens is 392 g/mol. The Bertz CT molecular complexity index is 877. The monoisotopic (exact) mass is 409 g/mol. The number of alkyl halides is 1. The molecular formula is C16H16FN5O2Se. The molecule has 1 aromatic carbocycles. The van der Waals surface area contributed by atoms with Crippen molar-refractivity contribution in [3.63, 3.8) is 0 Å². The third-order valence-corrected chi connectivity index (χ3v) is 6.76. The Morgan fingerprint density at radius 1 is 1.24 bits per heavy atom. The summed E-state index contributed by atoms with van der Waals surface area (Å²) in [7, 11) is 1.53. The zero-order valence-corrected chi connectivity index (χ0v) is 15.0. The molecule has 4 rings (SSSR count). The number of fused-ring (bicyclic) bond motifs is 1. The number of hydrogen-bond donors (Lipinski definition) is 1. The van der Waals surface area contributed by atoms with Gasteiger partial charge in [-0.05, 0) is 0 Å². The van der Waals surface area contributed by atoms with Gasteiger partial charge in [0.2, 0.25) is 0 Å². The first-order valence-electron chi connectivity index (χ1n) is 7.66. The molecule has 0 amide bonds. The van der Waals surface area contributed by atoms with Gasteiger partial charge in [0.05, 0.1) is 0 Å². The second-order valence-electron chi connectivity index (χ2n) is 5.55. The summed E-state index contributed by atoms with van der Waals surface area (Å²) in [6, 6.07) is 9.82. The van der Waals surface area contributed by atoms with Crippen LogP contribution in [-0.4, -0.2) is 54.0 Å². The fourth-order valence-corrected chi connectivity index (χ4v) is 5.32. The molecule has 0 unspecified atom stereocenters. The van der Waals surface area contributed by atoms with Crippen LogP contribution in [0.2, 0.25) is 4.82 Å². The summed E-state index contributed by atoms with van der Waals surface area (Å²) in [5, 5.41) is 0. The van der Waals surface area contributed by atoms with Crippen LogP contribution < -0.4 is 10.2 Å². The molecule has 130 valence electrons. The van der Waals surface area contributed by atoms with E-state index in [1.165, 1.54) is 19.8 Å². The molecule has 0 bridgehead atoms. The van der Waals surface area contributed by atoms with Crippen LogP contribution >= 0.6 is 0 Å².